The van der Waals surface area contributed by atoms with Crippen molar-refractivity contribution in [2.24, 2.45) is 0 Å². The minimum Gasteiger partial charge on any atom is -0.504 e. The van der Waals surface area contributed by atoms with Crippen LogP contribution in [0.25, 0.3) is 6.08 Å². The maximum atomic E-state index is 12.3. The molecular formula is C18H16O6. The minimum absolute atomic E-state index is 0.0478. The Kier molecular flexibility index (Phi) is 5.34. The lowest BCUT2D eigenvalue weighted by molar-refractivity contribution is -0.142. The topological polar surface area (TPSA) is 104 Å². The largest absolute Gasteiger partial charge is 0.504 e. The summed E-state index contributed by atoms with van der Waals surface area (Å²) in [6.45, 7) is 1.27. The van der Waals surface area contributed by atoms with Gasteiger partial charge in [0.25, 0.3) is 0 Å². The summed E-state index contributed by atoms with van der Waals surface area (Å²) >= 11 is 0. The van der Waals surface area contributed by atoms with Gasteiger partial charge in [0.2, 0.25) is 0 Å². The SMILES string of the molecule is CC(O)C(=O)Oc1ccccc1C(=O)/C=C/c1ccc(O)c(O)c1. The predicted octanol–water partition coefficient (Wildman–Crippen LogP) is 2.28. The Balaban J connectivity index is 2.22. The van der Waals surface area contributed by atoms with E-state index in [9.17, 15) is 24.9 Å². The van der Waals surface area contributed by atoms with E-state index in [2.05, 4.69) is 0 Å². The van der Waals surface area contributed by atoms with Crippen LogP contribution in [0, 0.1) is 0 Å². The predicted molar refractivity (Wildman–Crippen MR) is 86.9 cm³/mol. The van der Waals surface area contributed by atoms with Crippen molar-refractivity contribution in [3.05, 3.63) is 59.7 Å². The lowest BCUT2D eigenvalue weighted by atomic mass is 10.1. The van der Waals surface area contributed by atoms with E-state index >= 15 is 0 Å². The summed E-state index contributed by atoms with van der Waals surface area (Å²) in [5.41, 5.74) is 0.669. The summed E-state index contributed by atoms with van der Waals surface area (Å²) in [5, 5.41) is 27.9. The first-order valence-corrected chi connectivity index (χ1v) is 7.11. The van der Waals surface area contributed by atoms with Crippen LogP contribution in [0.5, 0.6) is 17.2 Å². The first-order chi connectivity index (χ1) is 11.4. The number of aromatic hydroxyl groups is 2. The molecule has 1 atom stereocenters. The Bertz CT molecular complexity index is 792. The van der Waals surface area contributed by atoms with E-state index < -0.39 is 17.9 Å². The number of rotatable bonds is 5. The number of esters is 1. The van der Waals surface area contributed by atoms with Crippen LogP contribution in [-0.2, 0) is 4.79 Å². The fraction of sp³-hybridized carbons (Fsp3) is 0.111. The van der Waals surface area contributed by atoms with Crippen LogP contribution >= 0.6 is 0 Å². The second-order valence-electron chi connectivity index (χ2n) is 5.04. The van der Waals surface area contributed by atoms with Gasteiger partial charge in [-0.2, -0.15) is 0 Å². The van der Waals surface area contributed by atoms with Crippen LogP contribution in [0.15, 0.2) is 48.5 Å². The molecule has 24 heavy (non-hydrogen) atoms. The summed E-state index contributed by atoms with van der Waals surface area (Å²) in [4.78, 5) is 23.8. The summed E-state index contributed by atoms with van der Waals surface area (Å²) in [6.07, 6.45) is 1.40. The third-order valence-corrected chi connectivity index (χ3v) is 3.13. The normalized spacial score (nSPS) is 12.1. The molecule has 0 aliphatic heterocycles. The quantitative estimate of drug-likeness (QED) is 0.256. The van der Waals surface area contributed by atoms with Crippen molar-refractivity contribution in [3.8, 4) is 17.2 Å². The molecule has 2 aromatic rings. The molecule has 6 heteroatoms. The number of ketones is 1. The molecule has 2 aromatic carbocycles. The van der Waals surface area contributed by atoms with E-state index in [1.54, 1.807) is 12.1 Å². The molecule has 0 aromatic heterocycles. The van der Waals surface area contributed by atoms with Crippen molar-refractivity contribution in [2.45, 2.75) is 13.0 Å². The number of carbonyl (C=O) groups is 2. The van der Waals surface area contributed by atoms with E-state index in [0.717, 1.165) is 0 Å². The maximum Gasteiger partial charge on any atom is 0.340 e. The molecule has 1 unspecified atom stereocenters. The molecule has 0 radical (unpaired) electrons. The van der Waals surface area contributed by atoms with Crippen LogP contribution < -0.4 is 4.74 Å². The number of carbonyl (C=O) groups excluding carboxylic acids is 2. The molecule has 0 heterocycles. The van der Waals surface area contributed by atoms with Gasteiger partial charge < -0.3 is 20.1 Å². The van der Waals surface area contributed by atoms with Crippen molar-refractivity contribution in [2.75, 3.05) is 0 Å². The third-order valence-electron chi connectivity index (χ3n) is 3.13. The van der Waals surface area contributed by atoms with Crippen molar-refractivity contribution in [3.63, 3.8) is 0 Å². The Labute approximate surface area is 138 Å². The highest BCUT2D eigenvalue weighted by Crippen LogP contribution is 2.26. The van der Waals surface area contributed by atoms with Gasteiger partial charge in [0.1, 0.15) is 11.9 Å². The van der Waals surface area contributed by atoms with Gasteiger partial charge in [-0.25, -0.2) is 4.79 Å². The smallest absolute Gasteiger partial charge is 0.340 e. The van der Waals surface area contributed by atoms with Crippen molar-refractivity contribution < 1.29 is 29.6 Å². The zero-order valence-corrected chi connectivity index (χ0v) is 12.8. The van der Waals surface area contributed by atoms with Gasteiger partial charge in [-0.15, -0.1) is 0 Å². The van der Waals surface area contributed by atoms with E-state index in [0.29, 0.717) is 5.56 Å². The second-order valence-corrected chi connectivity index (χ2v) is 5.04. The van der Waals surface area contributed by atoms with Gasteiger partial charge in [0.15, 0.2) is 17.3 Å². The van der Waals surface area contributed by atoms with E-state index in [1.165, 1.54) is 49.4 Å². The number of phenolic OH excluding ortho intramolecular Hbond substituents is 2. The van der Waals surface area contributed by atoms with Crippen molar-refractivity contribution in [1.29, 1.82) is 0 Å². The molecule has 0 bridgehead atoms. The van der Waals surface area contributed by atoms with Gasteiger partial charge in [-0.05, 0) is 42.8 Å². The Morgan fingerprint density at radius 3 is 2.46 bits per heavy atom. The molecule has 0 aliphatic rings. The number of aliphatic hydroxyl groups excluding tert-OH is 1. The van der Waals surface area contributed by atoms with Gasteiger partial charge in [0, 0.05) is 0 Å². The maximum absolute atomic E-state index is 12.3. The Morgan fingerprint density at radius 1 is 1.08 bits per heavy atom. The van der Waals surface area contributed by atoms with Crippen LogP contribution in [0.1, 0.15) is 22.8 Å². The van der Waals surface area contributed by atoms with Gasteiger partial charge in [0.05, 0.1) is 5.56 Å². The molecule has 0 saturated carbocycles. The van der Waals surface area contributed by atoms with E-state index in [4.69, 9.17) is 4.74 Å². The number of hydrogen-bond donors (Lipinski definition) is 3. The first-order valence-electron chi connectivity index (χ1n) is 7.11. The average Bonchev–Trinajstić information content (AvgIpc) is 2.56. The third kappa shape index (κ3) is 4.21. The summed E-state index contributed by atoms with van der Waals surface area (Å²) in [6, 6.07) is 10.3. The first kappa shape index (κ1) is 17.2. The van der Waals surface area contributed by atoms with Crippen LogP contribution in [0.4, 0.5) is 0 Å². The second kappa shape index (κ2) is 7.43. The number of ether oxygens (including phenoxy) is 1. The van der Waals surface area contributed by atoms with Crippen molar-refractivity contribution in [1.82, 2.24) is 0 Å². The minimum atomic E-state index is -1.30. The summed E-state index contributed by atoms with van der Waals surface area (Å²) in [7, 11) is 0. The number of aliphatic hydroxyl groups is 1. The fourth-order valence-electron chi connectivity index (χ4n) is 1.86. The number of para-hydroxylation sites is 1. The summed E-state index contributed by atoms with van der Waals surface area (Å²) in [5.74, 6) is -1.78. The highest BCUT2D eigenvalue weighted by atomic mass is 16.5. The standard InChI is InChI=1S/C18H16O6/c1-11(19)18(23)24-17-5-3-2-4-13(17)14(20)8-6-12-7-9-15(21)16(22)10-12/h2-11,19,21-22H,1H3/b8-6+. The molecule has 3 N–H and O–H groups in total. The molecule has 0 aliphatic carbocycles. The van der Waals surface area contributed by atoms with Gasteiger partial charge in [-0.1, -0.05) is 24.3 Å². The Morgan fingerprint density at radius 2 is 1.79 bits per heavy atom. The molecule has 0 fully saturated rings. The van der Waals surface area contributed by atoms with Crippen LogP contribution in [0.3, 0.4) is 0 Å². The van der Waals surface area contributed by atoms with Crippen LogP contribution in [-0.4, -0.2) is 33.2 Å². The van der Waals surface area contributed by atoms with Crippen molar-refractivity contribution >= 4 is 17.8 Å². The lowest BCUT2D eigenvalue weighted by Crippen LogP contribution is -2.22. The molecular weight excluding hydrogens is 312 g/mol. The summed E-state index contributed by atoms with van der Waals surface area (Å²) < 4.78 is 5.00. The number of hydrogen-bond acceptors (Lipinski definition) is 6. The fourth-order valence-corrected chi connectivity index (χ4v) is 1.86. The molecule has 2 rings (SSSR count). The van der Waals surface area contributed by atoms with Crippen LogP contribution in [0.2, 0.25) is 0 Å². The molecule has 6 nitrogen and oxygen atoms in total. The monoisotopic (exact) mass is 328 g/mol. The highest BCUT2D eigenvalue weighted by molar-refractivity contribution is 6.09. The number of benzene rings is 2. The molecule has 0 spiro atoms. The Hall–Kier alpha value is -3.12. The number of phenols is 2. The van der Waals surface area contributed by atoms with Gasteiger partial charge in [-0.3, -0.25) is 4.79 Å². The molecule has 124 valence electrons. The van der Waals surface area contributed by atoms with E-state index in [-0.39, 0.29) is 22.8 Å². The van der Waals surface area contributed by atoms with Gasteiger partial charge >= 0.3 is 5.97 Å². The molecule has 0 amide bonds. The highest BCUT2D eigenvalue weighted by Gasteiger charge is 2.16. The zero-order chi connectivity index (χ0) is 17.7. The van der Waals surface area contributed by atoms with E-state index in [1.807, 2.05) is 0 Å². The average molecular weight is 328 g/mol. The number of allylic oxidation sites excluding steroid dienone is 1. The zero-order valence-electron chi connectivity index (χ0n) is 12.8. The molecule has 0 saturated heterocycles. The lowest BCUT2D eigenvalue weighted by Gasteiger charge is -2.09.